The third-order valence-corrected chi connectivity index (χ3v) is 4.03. The van der Waals surface area contributed by atoms with E-state index in [2.05, 4.69) is 0 Å². The maximum Gasteiger partial charge on any atom is 0.225 e. The molecule has 0 bridgehead atoms. The topological polar surface area (TPSA) is 29.5 Å². The van der Waals surface area contributed by atoms with E-state index in [-0.39, 0.29) is 12.0 Å². The first-order valence-electron chi connectivity index (χ1n) is 6.78. The second-order valence-electron chi connectivity index (χ2n) is 5.05. The van der Waals surface area contributed by atoms with E-state index in [1.807, 2.05) is 4.90 Å². The van der Waals surface area contributed by atoms with Crippen LogP contribution in [0.5, 0.6) is 0 Å². The molecule has 2 heterocycles. The van der Waals surface area contributed by atoms with E-state index in [4.69, 9.17) is 16.3 Å². The average molecular weight is 260 g/mol. The summed E-state index contributed by atoms with van der Waals surface area (Å²) in [5.74, 6) is 0.917. The molecular formula is C13H22ClNO2. The quantitative estimate of drug-likeness (QED) is 0.727. The van der Waals surface area contributed by atoms with E-state index in [1.54, 1.807) is 0 Å². The summed E-state index contributed by atoms with van der Waals surface area (Å²) in [6, 6.07) is 0.371. The van der Waals surface area contributed by atoms with Crippen LogP contribution < -0.4 is 0 Å². The van der Waals surface area contributed by atoms with Gasteiger partial charge >= 0.3 is 0 Å². The number of alkyl halides is 1. The minimum Gasteiger partial charge on any atom is -0.378 e. The average Bonchev–Trinajstić information content (AvgIpc) is 2.83. The van der Waals surface area contributed by atoms with Gasteiger partial charge in [0.1, 0.15) is 0 Å². The van der Waals surface area contributed by atoms with Crippen molar-refractivity contribution in [2.45, 2.75) is 57.1 Å². The lowest BCUT2D eigenvalue weighted by atomic mass is 9.99. The first-order valence-corrected chi connectivity index (χ1v) is 7.31. The van der Waals surface area contributed by atoms with Crippen molar-refractivity contribution in [2.75, 3.05) is 19.0 Å². The van der Waals surface area contributed by atoms with E-state index in [0.717, 1.165) is 45.3 Å². The van der Waals surface area contributed by atoms with E-state index in [1.165, 1.54) is 6.42 Å². The second kappa shape index (κ2) is 6.60. The lowest BCUT2D eigenvalue weighted by Crippen LogP contribution is -2.44. The fourth-order valence-electron chi connectivity index (χ4n) is 2.87. The van der Waals surface area contributed by atoms with Gasteiger partial charge in [-0.2, -0.15) is 0 Å². The molecule has 3 nitrogen and oxygen atoms in total. The lowest BCUT2D eigenvalue weighted by Gasteiger charge is -2.36. The Labute approximate surface area is 108 Å². The van der Waals surface area contributed by atoms with Crippen LogP contribution in [0.2, 0.25) is 0 Å². The van der Waals surface area contributed by atoms with Gasteiger partial charge in [-0.25, -0.2) is 0 Å². The van der Waals surface area contributed by atoms with Gasteiger partial charge in [0.25, 0.3) is 0 Å². The third kappa shape index (κ3) is 3.59. The Hall–Kier alpha value is -0.280. The number of amides is 1. The highest BCUT2D eigenvalue weighted by molar-refractivity contribution is 6.17. The zero-order chi connectivity index (χ0) is 12.1. The van der Waals surface area contributed by atoms with Gasteiger partial charge in [0.05, 0.1) is 12.5 Å². The standard InChI is InChI=1S/C13H22ClNO2/c14-7-6-11-4-1-2-8-15(11)13(16)10-12-5-3-9-17-12/h11-12H,1-10H2. The van der Waals surface area contributed by atoms with Crippen molar-refractivity contribution >= 4 is 17.5 Å². The van der Waals surface area contributed by atoms with Crippen molar-refractivity contribution < 1.29 is 9.53 Å². The molecule has 0 aromatic heterocycles. The summed E-state index contributed by atoms with van der Waals surface area (Å²) in [6.07, 6.45) is 7.28. The number of hydrogen-bond acceptors (Lipinski definition) is 2. The van der Waals surface area contributed by atoms with Gasteiger partial charge in [-0.1, -0.05) is 0 Å². The van der Waals surface area contributed by atoms with Crippen LogP contribution in [0.25, 0.3) is 0 Å². The van der Waals surface area contributed by atoms with E-state index in [9.17, 15) is 4.79 Å². The Morgan fingerprint density at radius 2 is 2.18 bits per heavy atom. The number of hydrogen-bond donors (Lipinski definition) is 0. The normalized spacial score (nSPS) is 29.6. The number of nitrogens with zero attached hydrogens (tertiary/aromatic N) is 1. The molecule has 2 saturated heterocycles. The maximum absolute atomic E-state index is 12.2. The number of rotatable bonds is 4. The molecule has 2 atom stereocenters. The predicted molar refractivity (Wildman–Crippen MR) is 68.3 cm³/mol. The molecule has 98 valence electrons. The SMILES string of the molecule is O=C(CC1CCCO1)N1CCCCC1CCCl. The van der Waals surface area contributed by atoms with Crippen LogP contribution in [0.3, 0.4) is 0 Å². The zero-order valence-corrected chi connectivity index (χ0v) is 11.1. The summed E-state index contributed by atoms with van der Waals surface area (Å²) in [5.41, 5.74) is 0. The number of piperidine rings is 1. The fourth-order valence-corrected chi connectivity index (χ4v) is 3.12. The van der Waals surface area contributed by atoms with Crippen LogP contribution in [0.15, 0.2) is 0 Å². The molecule has 0 N–H and O–H groups in total. The van der Waals surface area contributed by atoms with Gasteiger partial charge in [-0.3, -0.25) is 4.79 Å². The van der Waals surface area contributed by atoms with Crippen LogP contribution in [0, 0.1) is 0 Å². The molecule has 2 fully saturated rings. The number of likely N-dealkylation sites (tertiary alicyclic amines) is 1. The number of carbonyl (C=O) groups is 1. The van der Waals surface area contributed by atoms with Gasteiger partial charge in [-0.05, 0) is 38.5 Å². The molecule has 0 saturated carbocycles. The maximum atomic E-state index is 12.2. The number of halogens is 1. The van der Waals surface area contributed by atoms with Gasteiger partial charge in [-0.15, -0.1) is 11.6 Å². The van der Waals surface area contributed by atoms with Crippen LogP contribution in [-0.4, -0.2) is 42.0 Å². The molecular weight excluding hydrogens is 238 g/mol. The van der Waals surface area contributed by atoms with Crippen molar-refractivity contribution in [3.8, 4) is 0 Å². The summed E-state index contributed by atoms with van der Waals surface area (Å²) in [6.45, 7) is 1.73. The van der Waals surface area contributed by atoms with E-state index >= 15 is 0 Å². The summed E-state index contributed by atoms with van der Waals surface area (Å²) in [7, 11) is 0. The van der Waals surface area contributed by atoms with Gasteiger partial charge in [0.2, 0.25) is 5.91 Å². The summed E-state index contributed by atoms with van der Waals surface area (Å²) in [5, 5.41) is 0. The summed E-state index contributed by atoms with van der Waals surface area (Å²) in [4.78, 5) is 14.3. The van der Waals surface area contributed by atoms with Crippen LogP contribution >= 0.6 is 11.6 Å². The molecule has 2 aliphatic heterocycles. The van der Waals surface area contributed by atoms with Crippen molar-refractivity contribution in [2.24, 2.45) is 0 Å². The molecule has 4 heteroatoms. The van der Waals surface area contributed by atoms with Crippen molar-refractivity contribution in [1.82, 2.24) is 4.90 Å². The molecule has 0 aromatic carbocycles. The highest BCUT2D eigenvalue weighted by Gasteiger charge is 2.28. The molecule has 0 aromatic rings. The highest BCUT2D eigenvalue weighted by Crippen LogP contribution is 2.23. The molecule has 1 amide bonds. The molecule has 0 aliphatic carbocycles. The molecule has 2 aliphatic rings. The van der Waals surface area contributed by atoms with Gasteiger partial charge in [0.15, 0.2) is 0 Å². The Morgan fingerprint density at radius 1 is 1.29 bits per heavy atom. The minimum atomic E-state index is 0.168. The minimum absolute atomic E-state index is 0.168. The molecule has 2 unspecified atom stereocenters. The van der Waals surface area contributed by atoms with E-state index < -0.39 is 0 Å². The second-order valence-corrected chi connectivity index (χ2v) is 5.43. The van der Waals surface area contributed by atoms with Crippen molar-refractivity contribution in [3.05, 3.63) is 0 Å². The molecule has 0 spiro atoms. The number of carbonyl (C=O) groups excluding carboxylic acids is 1. The number of ether oxygens (including phenoxy) is 1. The largest absolute Gasteiger partial charge is 0.378 e. The van der Waals surface area contributed by atoms with E-state index in [0.29, 0.717) is 18.3 Å². The Balaban J connectivity index is 1.86. The summed E-state index contributed by atoms with van der Waals surface area (Å²) < 4.78 is 5.54. The first-order chi connectivity index (χ1) is 8.31. The lowest BCUT2D eigenvalue weighted by molar-refractivity contribution is -0.137. The zero-order valence-electron chi connectivity index (χ0n) is 10.4. The van der Waals surface area contributed by atoms with Crippen molar-refractivity contribution in [1.29, 1.82) is 0 Å². The predicted octanol–water partition coefficient (Wildman–Crippen LogP) is 2.57. The third-order valence-electron chi connectivity index (χ3n) is 3.82. The van der Waals surface area contributed by atoms with Crippen LogP contribution in [0.4, 0.5) is 0 Å². The Bertz CT molecular complexity index is 252. The van der Waals surface area contributed by atoms with Gasteiger partial charge in [0, 0.05) is 25.1 Å². The van der Waals surface area contributed by atoms with Gasteiger partial charge < -0.3 is 9.64 Å². The highest BCUT2D eigenvalue weighted by atomic mass is 35.5. The van der Waals surface area contributed by atoms with Crippen LogP contribution in [-0.2, 0) is 9.53 Å². The summed E-state index contributed by atoms with van der Waals surface area (Å²) >= 11 is 5.81. The smallest absolute Gasteiger partial charge is 0.225 e. The Kier molecular flexibility index (Phi) is 5.11. The first kappa shape index (κ1) is 13.2. The Morgan fingerprint density at radius 3 is 2.88 bits per heavy atom. The molecule has 17 heavy (non-hydrogen) atoms. The monoisotopic (exact) mass is 259 g/mol. The van der Waals surface area contributed by atoms with Crippen molar-refractivity contribution in [3.63, 3.8) is 0 Å². The molecule has 0 radical (unpaired) electrons. The molecule has 2 rings (SSSR count). The van der Waals surface area contributed by atoms with Crippen LogP contribution in [0.1, 0.15) is 44.9 Å². The fraction of sp³-hybridized carbons (Fsp3) is 0.923.